The van der Waals surface area contributed by atoms with Crippen molar-refractivity contribution in [3.63, 3.8) is 0 Å². The van der Waals surface area contributed by atoms with Gasteiger partial charge in [0.15, 0.2) is 5.69 Å². The van der Waals surface area contributed by atoms with Crippen molar-refractivity contribution in [1.29, 1.82) is 0 Å². The first-order valence-electron chi connectivity index (χ1n) is 8.03. The van der Waals surface area contributed by atoms with E-state index in [0.717, 1.165) is 17.1 Å². The van der Waals surface area contributed by atoms with Crippen LogP contribution in [0.25, 0.3) is 0 Å². The molecule has 1 aromatic carbocycles. The summed E-state index contributed by atoms with van der Waals surface area (Å²) in [6.07, 6.45) is -3.10. The van der Waals surface area contributed by atoms with E-state index < -0.39 is 30.2 Å². The van der Waals surface area contributed by atoms with Crippen LogP contribution in [-0.2, 0) is 22.0 Å². The minimum absolute atomic E-state index is 0.264. The maximum Gasteiger partial charge on any atom is 0.494 e. The van der Waals surface area contributed by atoms with Gasteiger partial charge in [0.2, 0.25) is 0 Å². The van der Waals surface area contributed by atoms with Gasteiger partial charge in [0.05, 0.1) is 17.7 Å². The summed E-state index contributed by atoms with van der Waals surface area (Å²) in [4.78, 5) is 0. The van der Waals surface area contributed by atoms with E-state index in [0.29, 0.717) is 0 Å². The number of aromatic nitrogens is 2. The summed E-state index contributed by atoms with van der Waals surface area (Å²) < 4.78 is 51.0. The Morgan fingerprint density at radius 3 is 2.04 bits per heavy atom. The Labute approximate surface area is 145 Å². The van der Waals surface area contributed by atoms with Crippen LogP contribution >= 0.6 is 0 Å². The van der Waals surface area contributed by atoms with Gasteiger partial charge in [-0.05, 0) is 44.8 Å². The van der Waals surface area contributed by atoms with Crippen molar-refractivity contribution in [2.45, 2.75) is 51.6 Å². The molecule has 0 atom stereocenters. The van der Waals surface area contributed by atoms with E-state index >= 15 is 0 Å². The molecule has 1 aliphatic heterocycles. The molecule has 0 bridgehead atoms. The molecule has 1 saturated heterocycles. The van der Waals surface area contributed by atoms with Crippen LogP contribution < -0.4 is 5.46 Å². The summed E-state index contributed by atoms with van der Waals surface area (Å²) >= 11 is 0. The Bertz CT molecular complexity index is 738. The molecule has 1 aliphatic rings. The van der Waals surface area contributed by atoms with Crippen LogP contribution in [0.5, 0.6) is 0 Å². The Morgan fingerprint density at radius 1 is 1.00 bits per heavy atom. The Balaban J connectivity index is 1.70. The molecule has 1 fully saturated rings. The molecule has 134 valence electrons. The van der Waals surface area contributed by atoms with Crippen LogP contribution in [-0.4, -0.2) is 28.1 Å². The molecule has 4 nitrogen and oxygen atoms in total. The molecule has 0 aliphatic carbocycles. The summed E-state index contributed by atoms with van der Waals surface area (Å²) in [5.74, 6) is 0. The lowest BCUT2D eigenvalue weighted by Crippen LogP contribution is -2.41. The first-order chi connectivity index (χ1) is 11.5. The minimum Gasteiger partial charge on any atom is -0.399 e. The van der Waals surface area contributed by atoms with Gasteiger partial charge in [0, 0.05) is 6.20 Å². The van der Waals surface area contributed by atoms with Gasteiger partial charge in [-0.15, -0.1) is 0 Å². The SMILES string of the molecule is CC1(C)OB(c2ccc(Cn3ccc(C(F)(F)F)n3)cc2)OC1(C)C. The Kier molecular flexibility index (Phi) is 4.24. The van der Waals surface area contributed by atoms with Crippen LogP contribution in [0.4, 0.5) is 13.2 Å². The molecular formula is C17H20BF3N2O2. The van der Waals surface area contributed by atoms with Gasteiger partial charge in [-0.1, -0.05) is 24.3 Å². The average molecular weight is 352 g/mol. The van der Waals surface area contributed by atoms with Crippen molar-refractivity contribution in [2.75, 3.05) is 0 Å². The minimum atomic E-state index is -4.42. The third kappa shape index (κ3) is 3.60. The number of benzene rings is 1. The van der Waals surface area contributed by atoms with E-state index in [2.05, 4.69) is 5.10 Å². The lowest BCUT2D eigenvalue weighted by molar-refractivity contribution is -0.141. The zero-order valence-electron chi connectivity index (χ0n) is 14.6. The molecule has 25 heavy (non-hydrogen) atoms. The number of alkyl halides is 3. The normalized spacial score (nSPS) is 19.4. The summed E-state index contributed by atoms with van der Waals surface area (Å²) in [6, 6.07) is 8.39. The number of rotatable bonds is 3. The topological polar surface area (TPSA) is 36.3 Å². The van der Waals surface area contributed by atoms with E-state index in [-0.39, 0.29) is 6.54 Å². The highest BCUT2D eigenvalue weighted by Gasteiger charge is 2.51. The summed E-state index contributed by atoms with van der Waals surface area (Å²) in [5.41, 5.74) is -0.00372. The second-order valence-corrected chi connectivity index (χ2v) is 7.23. The quantitative estimate of drug-likeness (QED) is 0.796. The number of hydrogen-bond donors (Lipinski definition) is 0. The van der Waals surface area contributed by atoms with Crippen molar-refractivity contribution in [1.82, 2.24) is 9.78 Å². The van der Waals surface area contributed by atoms with Gasteiger partial charge in [0.1, 0.15) is 0 Å². The van der Waals surface area contributed by atoms with Gasteiger partial charge in [0.25, 0.3) is 0 Å². The van der Waals surface area contributed by atoms with Crippen molar-refractivity contribution >= 4 is 12.6 Å². The largest absolute Gasteiger partial charge is 0.494 e. The maximum atomic E-state index is 12.6. The van der Waals surface area contributed by atoms with Gasteiger partial charge in [-0.2, -0.15) is 18.3 Å². The molecule has 0 saturated carbocycles. The smallest absolute Gasteiger partial charge is 0.399 e. The standard InChI is InChI=1S/C17H20BF3N2O2/c1-15(2)16(3,4)25-18(24-15)13-7-5-12(6-8-13)11-23-10-9-14(22-23)17(19,20)21/h5-10H,11H2,1-4H3. The highest BCUT2D eigenvalue weighted by atomic mass is 19.4. The van der Waals surface area contributed by atoms with Crippen LogP contribution in [0.3, 0.4) is 0 Å². The van der Waals surface area contributed by atoms with E-state index in [1.165, 1.54) is 10.9 Å². The third-order valence-electron chi connectivity index (χ3n) is 4.78. The van der Waals surface area contributed by atoms with E-state index in [9.17, 15) is 13.2 Å². The molecule has 2 heterocycles. The van der Waals surface area contributed by atoms with Crippen molar-refractivity contribution < 1.29 is 22.5 Å². The number of nitrogens with zero attached hydrogens (tertiary/aromatic N) is 2. The molecule has 0 unspecified atom stereocenters. The fraction of sp³-hybridized carbons (Fsp3) is 0.471. The zero-order chi connectivity index (χ0) is 18.5. The molecule has 3 rings (SSSR count). The van der Waals surface area contributed by atoms with Crippen LogP contribution in [0.1, 0.15) is 39.0 Å². The number of hydrogen-bond acceptors (Lipinski definition) is 3. The van der Waals surface area contributed by atoms with Crippen LogP contribution in [0.15, 0.2) is 36.5 Å². The Morgan fingerprint density at radius 2 is 1.56 bits per heavy atom. The summed E-state index contributed by atoms with van der Waals surface area (Å²) in [6.45, 7) is 8.20. The monoisotopic (exact) mass is 352 g/mol. The van der Waals surface area contributed by atoms with Gasteiger partial charge in [-0.25, -0.2) is 0 Å². The summed E-state index contributed by atoms with van der Waals surface area (Å²) in [7, 11) is -0.458. The molecular weight excluding hydrogens is 332 g/mol. The lowest BCUT2D eigenvalue weighted by Gasteiger charge is -2.32. The third-order valence-corrected chi connectivity index (χ3v) is 4.78. The first-order valence-corrected chi connectivity index (χ1v) is 8.03. The van der Waals surface area contributed by atoms with Crippen molar-refractivity contribution in [3.05, 3.63) is 47.8 Å². The maximum absolute atomic E-state index is 12.6. The summed E-state index contributed by atoms with van der Waals surface area (Å²) in [5, 5.41) is 3.56. The van der Waals surface area contributed by atoms with Gasteiger partial charge in [-0.3, -0.25) is 4.68 Å². The van der Waals surface area contributed by atoms with Gasteiger partial charge < -0.3 is 9.31 Å². The second-order valence-electron chi connectivity index (χ2n) is 7.23. The molecule has 0 spiro atoms. The molecule has 0 amide bonds. The zero-order valence-corrected chi connectivity index (χ0v) is 14.6. The first kappa shape index (κ1) is 18.0. The van der Waals surface area contributed by atoms with Crippen molar-refractivity contribution in [3.8, 4) is 0 Å². The predicted molar refractivity (Wildman–Crippen MR) is 88.5 cm³/mol. The number of halogens is 3. The molecule has 2 aromatic rings. The second kappa shape index (κ2) is 5.88. The van der Waals surface area contributed by atoms with E-state index in [1.807, 2.05) is 52.0 Å². The molecule has 0 N–H and O–H groups in total. The fourth-order valence-electron chi connectivity index (χ4n) is 2.55. The van der Waals surface area contributed by atoms with Crippen LogP contribution in [0, 0.1) is 0 Å². The van der Waals surface area contributed by atoms with Crippen molar-refractivity contribution in [2.24, 2.45) is 0 Å². The van der Waals surface area contributed by atoms with Gasteiger partial charge >= 0.3 is 13.3 Å². The Hall–Kier alpha value is -1.80. The molecule has 8 heteroatoms. The predicted octanol–water partition coefficient (Wildman–Crippen LogP) is 3.25. The fourth-order valence-corrected chi connectivity index (χ4v) is 2.55. The average Bonchev–Trinajstić information content (AvgIpc) is 3.02. The lowest BCUT2D eigenvalue weighted by atomic mass is 9.79. The highest BCUT2D eigenvalue weighted by molar-refractivity contribution is 6.62. The highest BCUT2D eigenvalue weighted by Crippen LogP contribution is 2.36. The molecule has 0 radical (unpaired) electrons. The van der Waals surface area contributed by atoms with E-state index in [4.69, 9.17) is 9.31 Å². The molecule has 1 aromatic heterocycles. The van der Waals surface area contributed by atoms with E-state index in [1.54, 1.807) is 0 Å². The van der Waals surface area contributed by atoms with Crippen LogP contribution in [0.2, 0.25) is 0 Å².